The molecule has 2 aromatic heterocycles. The number of carboxylic acid groups (broad SMARTS) is 1. The molecule has 4 aromatic rings. The monoisotopic (exact) mass is 519 g/mol. The summed E-state index contributed by atoms with van der Waals surface area (Å²) < 4.78 is 19.1. The highest BCUT2D eigenvalue weighted by Crippen LogP contribution is 2.38. The number of pyridine rings is 1. The molecule has 1 unspecified atom stereocenters. The summed E-state index contributed by atoms with van der Waals surface area (Å²) in [6, 6.07) is 10.9. The number of anilines is 1. The molecule has 0 amide bonds. The molecular formula is C28H30FN5O4. The summed E-state index contributed by atoms with van der Waals surface area (Å²) >= 11 is 0. The van der Waals surface area contributed by atoms with Crippen molar-refractivity contribution >= 4 is 33.6 Å². The first-order valence-electron chi connectivity index (χ1n) is 13.0. The number of aromatic carboxylic acids is 1. The van der Waals surface area contributed by atoms with Crippen LogP contribution in [0.2, 0.25) is 0 Å². The van der Waals surface area contributed by atoms with Gasteiger partial charge in [-0.3, -0.25) is 9.69 Å². The molecule has 0 spiro atoms. The smallest absolute Gasteiger partial charge is 0.341 e. The molecule has 1 saturated heterocycles. The molecule has 2 aromatic carbocycles. The molecule has 9 nitrogen and oxygen atoms in total. The van der Waals surface area contributed by atoms with E-state index < -0.39 is 23.3 Å². The van der Waals surface area contributed by atoms with Gasteiger partial charge in [0, 0.05) is 50.3 Å². The zero-order valence-corrected chi connectivity index (χ0v) is 21.2. The molecule has 2 fully saturated rings. The van der Waals surface area contributed by atoms with Gasteiger partial charge in [0.05, 0.1) is 34.9 Å². The molecule has 1 saturated carbocycles. The van der Waals surface area contributed by atoms with Crippen LogP contribution < -0.4 is 10.3 Å². The van der Waals surface area contributed by atoms with Gasteiger partial charge in [-0.15, -0.1) is 0 Å². The van der Waals surface area contributed by atoms with E-state index in [9.17, 15) is 19.8 Å². The number of benzene rings is 2. The fraction of sp³-hybridized carbons (Fsp3) is 0.393. The van der Waals surface area contributed by atoms with E-state index in [0.717, 1.165) is 29.7 Å². The summed E-state index contributed by atoms with van der Waals surface area (Å²) in [5.74, 6) is -0.970. The number of aliphatic hydroxyl groups excluding tert-OH is 1. The standard InChI is InChI=1S/C28H30FN5O4/c1-17-30-23-4-2-3-5-24(23)33(17)15-19(35)14-31-8-10-32(11-9-31)26-13-25-20(12-22(26)29)27(36)21(28(37)38)16-34(25)18-6-7-18/h2-5,12-13,16,18-19,35H,6-11,14-15H2,1H3,(H,37,38). The van der Waals surface area contributed by atoms with Crippen molar-refractivity contribution in [2.75, 3.05) is 37.6 Å². The number of halogens is 1. The number of nitrogens with zero attached hydrogens (tertiary/aromatic N) is 5. The molecule has 1 aliphatic heterocycles. The van der Waals surface area contributed by atoms with E-state index in [1.807, 2.05) is 45.2 Å². The van der Waals surface area contributed by atoms with Crippen LogP contribution in [-0.4, -0.2) is 74.0 Å². The zero-order chi connectivity index (χ0) is 26.6. The van der Waals surface area contributed by atoms with Crippen molar-refractivity contribution in [1.29, 1.82) is 0 Å². The summed E-state index contributed by atoms with van der Waals surface area (Å²) in [6.07, 6.45) is 2.63. The largest absolute Gasteiger partial charge is 0.477 e. The summed E-state index contributed by atoms with van der Waals surface area (Å²) in [7, 11) is 0. The number of hydrogen-bond acceptors (Lipinski definition) is 6. The highest BCUT2D eigenvalue weighted by Gasteiger charge is 2.29. The van der Waals surface area contributed by atoms with Crippen LogP contribution in [0.4, 0.5) is 10.1 Å². The predicted octanol–water partition coefficient (Wildman–Crippen LogP) is 3.01. The molecule has 2 N–H and O–H groups in total. The van der Waals surface area contributed by atoms with E-state index in [2.05, 4.69) is 9.88 Å². The van der Waals surface area contributed by atoms with Gasteiger partial charge < -0.3 is 24.2 Å². The zero-order valence-electron chi connectivity index (χ0n) is 21.2. The van der Waals surface area contributed by atoms with E-state index in [1.165, 1.54) is 12.3 Å². The molecule has 0 radical (unpaired) electrons. The summed E-state index contributed by atoms with van der Waals surface area (Å²) in [6.45, 7) is 5.35. The molecule has 10 heteroatoms. The topological polar surface area (TPSA) is 104 Å². The minimum Gasteiger partial charge on any atom is -0.477 e. The molecule has 2 aliphatic rings. The average molecular weight is 520 g/mol. The van der Waals surface area contributed by atoms with E-state index in [0.29, 0.717) is 50.5 Å². The number of hydrogen-bond donors (Lipinski definition) is 2. The lowest BCUT2D eigenvalue weighted by Crippen LogP contribution is -2.49. The predicted molar refractivity (Wildman–Crippen MR) is 143 cm³/mol. The SMILES string of the molecule is Cc1nc2ccccc2n1CC(O)CN1CCN(c2cc3c(cc2F)c(=O)c(C(=O)O)cn3C2CC2)CC1. The molecular weight excluding hydrogens is 489 g/mol. The van der Waals surface area contributed by atoms with Crippen LogP contribution in [0.25, 0.3) is 21.9 Å². The second-order valence-electron chi connectivity index (χ2n) is 10.3. The summed E-state index contributed by atoms with van der Waals surface area (Å²) in [5, 5.41) is 20.4. The van der Waals surface area contributed by atoms with Gasteiger partial charge >= 0.3 is 5.97 Å². The number of rotatable bonds is 7. The number of aromatic nitrogens is 3. The van der Waals surface area contributed by atoms with Crippen LogP contribution in [0.15, 0.2) is 47.4 Å². The van der Waals surface area contributed by atoms with Crippen LogP contribution in [-0.2, 0) is 6.54 Å². The van der Waals surface area contributed by atoms with Crippen molar-refractivity contribution < 1.29 is 19.4 Å². The Morgan fingerprint density at radius 2 is 1.84 bits per heavy atom. The van der Waals surface area contributed by atoms with Crippen molar-refractivity contribution in [1.82, 2.24) is 19.0 Å². The number of piperazine rings is 1. The first-order valence-corrected chi connectivity index (χ1v) is 13.0. The van der Waals surface area contributed by atoms with Crippen molar-refractivity contribution in [2.24, 2.45) is 0 Å². The lowest BCUT2D eigenvalue weighted by molar-refractivity contribution is 0.0694. The van der Waals surface area contributed by atoms with E-state index in [1.54, 1.807) is 6.07 Å². The number of imidazole rings is 1. The van der Waals surface area contributed by atoms with Crippen molar-refractivity contribution in [3.8, 4) is 0 Å². The summed E-state index contributed by atoms with van der Waals surface area (Å²) in [4.78, 5) is 33.0. The van der Waals surface area contributed by atoms with Gasteiger partial charge in [0.25, 0.3) is 0 Å². The molecule has 3 heterocycles. The fourth-order valence-electron chi connectivity index (χ4n) is 5.57. The third-order valence-electron chi connectivity index (χ3n) is 7.69. The Morgan fingerprint density at radius 1 is 1.11 bits per heavy atom. The van der Waals surface area contributed by atoms with E-state index in [-0.39, 0.29) is 17.0 Å². The quantitative estimate of drug-likeness (QED) is 0.387. The van der Waals surface area contributed by atoms with Crippen molar-refractivity contribution in [3.63, 3.8) is 0 Å². The van der Waals surface area contributed by atoms with Gasteiger partial charge in [-0.05, 0) is 44.0 Å². The highest BCUT2D eigenvalue weighted by molar-refractivity contribution is 5.93. The third kappa shape index (κ3) is 4.43. The number of para-hydroxylation sites is 2. The van der Waals surface area contributed by atoms with Crippen LogP contribution in [0.1, 0.15) is 35.1 Å². The van der Waals surface area contributed by atoms with Crippen LogP contribution in [0.3, 0.4) is 0 Å². The van der Waals surface area contributed by atoms with Crippen molar-refractivity contribution in [2.45, 2.75) is 38.5 Å². The molecule has 1 atom stereocenters. The first-order chi connectivity index (χ1) is 18.3. The third-order valence-corrected chi connectivity index (χ3v) is 7.69. The van der Waals surface area contributed by atoms with E-state index in [4.69, 9.17) is 0 Å². The number of fused-ring (bicyclic) bond motifs is 2. The molecule has 198 valence electrons. The van der Waals surface area contributed by atoms with Gasteiger partial charge in [0.1, 0.15) is 17.2 Å². The molecule has 6 rings (SSSR count). The summed E-state index contributed by atoms with van der Waals surface area (Å²) in [5.41, 5.74) is 1.90. The first kappa shape index (κ1) is 24.6. The molecule has 38 heavy (non-hydrogen) atoms. The Balaban J connectivity index is 1.17. The Morgan fingerprint density at radius 3 is 2.55 bits per heavy atom. The number of carboxylic acids is 1. The van der Waals surface area contributed by atoms with Crippen LogP contribution >= 0.6 is 0 Å². The van der Waals surface area contributed by atoms with Crippen molar-refractivity contribution in [3.05, 3.63) is 70.0 Å². The van der Waals surface area contributed by atoms with Gasteiger partial charge in [-0.1, -0.05) is 12.1 Å². The second-order valence-corrected chi connectivity index (χ2v) is 10.3. The molecule has 1 aliphatic carbocycles. The maximum atomic E-state index is 15.3. The lowest BCUT2D eigenvalue weighted by atomic mass is 10.1. The minimum atomic E-state index is -1.30. The van der Waals surface area contributed by atoms with Gasteiger partial charge in [-0.25, -0.2) is 14.2 Å². The number of aryl methyl sites for hydroxylation is 1. The van der Waals surface area contributed by atoms with Crippen LogP contribution in [0.5, 0.6) is 0 Å². The number of β-amino-alcohol motifs (C(OH)–C–C–N with tert-alkyl or cyclic N) is 1. The lowest BCUT2D eigenvalue weighted by Gasteiger charge is -2.37. The Bertz CT molecular complexity index is 1600. The maximum absolute atomic E-state index is 15.3. The normalized spacial score (nSPS) is 17.4. The highest BCUT2D eigenvalue weighted by atomic mass is 19.1. The average Bonchev–Trinajstić information content (AvgIpc) is 3.69. The number of aliphatic hydroxyl groups is 1. The number of carbonyl (C=O) groups is 1. The molecule has 0 bridgehead atoms. The second kappa shape index (κ2) is 9.52. The Kier molecular flexibility index (Phi) is 6.16. The fourth-order valence-corrected chi connectivity index (χ4v) is 5.57. The minimum absolute atomic E-state index is 0.0992. The Hall–Kier alpha value is -3.76. The maximum Gasteiger partial charge on any atom is 0.341 e. The van der Waals surface area contributed by atoms with Gasteiger partial charge in [0.15, 0.2) is 0 Å². The van der Waals surface area contributed by atoms with Crippen LogP contribution in [0, 0.1) is 12.7 Å². The van der Waals surface area contributed by atoms with Gasteiger partial charge in [0.2, 0.25) is 5.43 Å². The Labute approximate surface area is 218 Å². The van der Waals surface area contributed by atoms with E-state index >= 15 is 4.39 Å². The van der Waals surface area contributed by atoms with Gasteiger partial charge in [-0.2, -0.15) is 0 Å².